The number of rotatable bonds is 6. The third-order valence-corrected chi connectivity index (χ3v) is 7.38. The Labute approximate surface area is 213 Å². The van der Waals surface area contributed by atoms with Crippen molar-refractivity contribution in [3.63, 3.8) is 0 Å². The number of amides is 1. The number of allylic oxidation sites excluding steroid dienone is 1. The maximum atomic E-state index is 13.2. The summed E-state index contributed by atoms with van der Waals surface area (Å²) in [6, 6.07) is 16.8. The number of nitrogens with one attached hydrogen (secondary N) is 1. The predicted octanol–water partition coefficient (Wildman–Crippen LogP) is 5.99. The molecule has 7 nitrogen and oxygen atoms in total. The van der Waals surface area contributed by atoms with Crippen LogP contribution in [0.4, 0.5) is 0 Å². The van der Waals surface area contributed by atoms with Gasteiger partial charge in [-0.2, -0.15) is 0 Å². The zero-order valence-corrected chi connectivity index (χ0v) is 21.6. The monoisotopic (exact) mass is 484 g/mol. The molecule has 1 aromatic heterocycles. The fourth-order valence-corrected chi connectivity index (χ4v) is 5.46. The van der Waals surface area contributed by atoms with Crippen molar-refractivity contribution >= 4 is 5.91 Å². The highest BCUT2D eigenvalue weighted by Gasteiger charge is 2.32. The Morgan fingerprint density at radius 2 is 1.72 bits per heavy atom. The van der Waals surface area contributed by atoms with Gasteiger partial charge in [0.2, 0.25) is 5.91 Å². The largest absolute Gasteiger partial charge is 0.351 e. The van der Waals surface area contributed by atoms with Crippen LogP contribution in [0.5, 0.6) is 0 Å². The molecule has 0 radical (unpaired) electrons. The lowest BCUT2D eigenvalue weighted by molar-refractivity contribution is -0.130. The Bertz CT molecular complexity index is 1200. The quantitative estimate of drug-likeness (QED) is 0.465. The lowest BCUT2D eigenvalue weighted by atomic mass is 9.87. The van der Waals surface area contributed by atoms with E-state index >= 15 is 0 Å². The van der Waals surface area contributed by atoms with Gasteiger partial charge in [0.25, 0.3) is 0 Å². The van der Waals surface area contributed by atoms with E-state index < -0.39 is 0 Å². The smallest absolute Gasteiger partial charge is 0.228 e. The zero-order valence-electron chi connectivity index (χ0n) is 21.6. The van der Waals surface area contributed by atoms with E-state index in [0.717, 1.165) is 23.2 Å². The number of carbonyl (C=O) groups excluding carboxylic acids is 1. The third-order valence-electron chi connectivity index (χ3n) is 7.38. The molecule has 2 aliphatic rings. The fourth-order valence-electron chi connectivity index (χ4n) is 5.46. The van der Waals surface area contributed by atoms with E-state index in [9.17, 15) is 4.79 Å². The Kier molecular flexibility index (Phi) is 6.90. The molecule has 1 amide bonds. The molecule has 7 heteroatoms. The summed E-state index contributed by atoms with van der Waals surface area (Å²) in [6.07, 6.45) is 9.02. The van der Waals surface area contributed by atoms with Crippen molar-refractivity contribution < 1.29 is 4.79 Å². The summed E-state index contributed by atoms with van der Waals surface area (Å²) < 4.78 is 0. The van der Waals surface area contributed by atoms with Gasteiger partial charge in [-0.05, 0) is 45.9 Å². The van der Waals surface area contributed by atoms with Crippen LogP contribution in [-0.4, -0.2) is 43.0 Å². The van der Waals surface area contributed by atoms with Crippen LogP contribution in [-0.2, 0) is 11.3 Å². The van der Waals surface area contributed by atoms with Gasteiger partial charge in [0.05, 0.1) is 6.67 Å². The number of carbonyl (C=O) groups is 1. The molecular weight excluding hydrogens is 448 g/mol. The number of aromatic amines is 1. The Hall–Kier alpha value is -3.48. The van der Waals surface area contributed by atoms with E-state index in [1.165, 1.54) is 43.4 Å². The molecule has 0 bridgehead atoms. The number of aromatic nitrogens is 4. The van der Waals surface area contributed by atoms with E-state index in [4.69, 9.17) is 0 Å². The van der Waals surface area contributed by atoms with Crippen LogP contribution in [0.15, 0.2) is 60.4 Å². The normalized spacial score (nSPS) is 16.9. The molecule has 0 spiro atoms. The summed E-state index contributed by atoms with van der Waals surface area (Å²) in [5.74, 6) is 1.47. The minimum absolute atomic E-state index is 0.0378. The highest BCUT2D eigenvalue weighted by atomic mass is 16.2. The molecule has 1 saturated carbocycles. The van der Waals surface area contributed by atoms with Crippen LogP contribution >= 0.6 is 0 Å². The molecule has 2 heterocycles. The van der Waals surface area contributed by atoms with Gasteiger partial charge in [0.15, 0.2) is 5.82 Å². The lowest BCUT2D eigenvalue weighted by Crippen LogP contribution is -2.33. The molecule has 1 N–H and O–H groups in total. The molecule has 1 fully saturated rings. The van der Waals surface area contributed by atoms with E-state index in [1.807, 2.05) is 23.1 Å². The van der Waals surface area contributed by atoms with Gasteiger partial charge in [-0.25, -0.2) is 5.10 Å². The number of tetrazole rings is 1. The Morgan fingerprint density at radius 3 is 2.39 bits per heavy atom. The van der Waals surface area contributed by atoms with Crippen LogP contribution in [0.2, 0.25) is 0 Å². The number of benzene rings is 2. The van der Waals surface area contributed by atoms with Crippen LogP contribution in [0, 0.1) is 11.3 Å². The molecule has 2 aromatic carbocycles. The first kappa shape index (κ1) is 24.2. The van der Waals surface area contributed by atoms with Crippen molar-refractivity contribution in [2.75, 3.05) is 6.67 Å². The molecule has 5 rings (SSSR count). The van der Waals surface area contributed by atoms with Crippen molar-refractivity contribution in [2.45, 2.75) is 65.8 Å². The number of H-pyrrole nitrogens is 1. The topological polar surface area (TPSA) is 78.0 Å². The maximum absolute atomic E-state index is 13.2. The van der Waals surface area contributed by atoms with E-state index in [-0.39, 0.29) is 11.3 Å². The highest BCUT2D eigenvalue weighted by molar-refractivity contribution is 5.80. The second-order valence-corrected chi connectivity index (χ2v) is 11.2. The first-order valence-corrected chi connectivity index (χ1v) is 13.1. The molecule has 1 aliphatic carbocycles. The molecule has 0 unspecified atom stereocenters. The minimum atomic E-state index is -0.0378. The highest BCUT2D eigenvalue weighted by Crippen LogP contribution is 2.36. The van der Waals surface area contributed by atoms with Crippen molar-refractivity contribution in [1.82, 2.24) is 30.4 Å². The first-order valence-electron chi connectivity index (χ1n) is 13.1. The van der Waals surface area contributed by atoms with E-state index in [2.05, 4.69) is 82.8 Å². The molecular formula is C29H36N6O. The van der Waals surface area contributed by atoms with Crippen LogP contribution in [0.25, 0.3) is 22.5 Å². The average molecular weight is 485 g/mol. The summed E-state index contributed by atoms with van der Waals surface area (Å²) in [7, 11) is 0. The van der Waals surface area contributed by atoms with Crippen molar-refractivity contribution in [3.05, 3.63) is 66.0 Å². The lowest BCUT2D eigenvalue weighted by Gasteiger charge is -2.31. The second kappa shape index (κ2) is 10.2. The van der Waals surface area contributed by atoms with Crippen molar-refractivity contribution in [3.8, 4) is 22.5 Å². The Balaban J connectivity index is 1.30. The number of hydrogen-bond donors (Lipinski definition) is 1. The summed E-state index contributed by atoms with van der Waals surface area (Å²) in [4.78, 5) is 17.5. The van der Waals surface area contributed by atoms with Gasteiger partial charge >= 0.3 is 0 Å². The molecule has 188 valence electrons. The summed E-state index contributed by atoms with van der Waals surface area (Å²) >= 11 is 0. The van der Waals surface area contributed by atoms with Gasteiger partial charge in [-0.3, -0.25) is 9.69 Å². The SMILES string of the molecule is CC(C)(C)C1=CN(C(=O)CC2CCCCC2)CN1Cc1ccc(-c2ccccc2-c2nnn[nH]2)cc1. The fraction of sp³-hybridized carbons (Fsp3) is 0.448. The number of nitrogens with zero attached hydrogens (tertiary/aromatic N) is 5. The molecule has 0 atom stereocenters. The summed E-state index contributed by atoms with van der Waals surface area (Å²) in [6.45, 7) is 8.06. The van der Waals surface area contributed by atoms with Crippen molar-refractivity contribution in [1.29, 1.82) is 0 Å². The van der Waals surface area contributed by atoms with Gasteiger partial charge in [0.1, 0.15) is 0 Å². The first-order chi connectivity index (χ1) is 17.4. The van der Waals surface area contributed by atoms with Gasteiger partial charge in [0, 0.05) is 35.8 Å². The van der Waals surface area contributed by atoms with Gasteiger partial charge < -0.3 is 4.90 Å². The van der Waals surface area contributed by atoms with Crippen LogP contribution in [0.3, 0.4) is 0 Å². The Morgan fingerprint density at radius 1 is 1.00 bits per heavy atom. The molecule has 1 aliphatic heterocycles. The van der Waals surface area contributed by atoms with E-state index in [0.29, 0.717) is 24.8 Å². The second-order valence-electron chi connectivity index (χ2n) is 11.2. The molecule has 0 saturated heterocycles. The van der Waals surface area contributed by atoms with Crippen LogP contribution < -0.4 is 0 Å². The van der Waals surface area contributed by atoms with Crippen LogP contribution in [0.1, 0.15) is 64.9 Å². The van der Waals surface area contributed by atoms with Gasteiger partial charge in [-0.1, -0.05) is 88.6 Å². The maximum Gasteiger partial charge on any atom is 0.228 e. The third kappa shape index (κ3) is 5.35. The average Bonchev–Trinajstić information content (AvgIpc) is 3.56. The number of hydrogen-bond acceptors (Lipinski definition) is 5. The zero-order chi connectivity index (χ0) is 25.1. The summed E-state index contributed by atoms with van der Waals surface area (Å²) in [5.41, 5.74) is 5.56. The van der Waals surface area contributed by atoms with E-state index in [1.54, 1.807) is 0 Å². The van der Waals surface area contributed by atoms with Gasteiger partial charge in [-0.15, -0.1) is 5.10 Å². The molecule has 36 heavy (non-hydrogen) atoms. The summed E-state index contributed by atoms with van der Waals surface area (Å²) in [5, 5.41) is 14.4. The van der Waals surface area contributed by atoms with Crippen molar-refractivity contribution in [2.24, 2.45) is 11.3 Å². The standard InChI is InChI=1S/C29H36N6O/c1-29(2,3)26-19-35(27(36)17-21-9-5-4-6-10-21)20-34(26)18-22-13-15-23(16-14-22)24-11-7-8-12-25(24)28-30-32-33-31-28/h7-8,11-16,19,21H,4-6,9-10,17-18,20H2,1-3H3,(H,30,31,32,33). The minimum Gasteiger partial charge on any atom is -0.351 e. The molecule has 3 aromatic rings. The predicted molar refractivity (Wildman–Crippen MR) is 141 cm³/mol.